The molecule has 7 heteroatoms. The highest BCUT2D eigenvalue weighted by atomic mass is 19.4. The molecule has 1 fully saturated rings. The zero-order chi connectivity index (χ0) is 16.6. The van der Waals surface area contributed by atoms with Crippen molar-refractivity contribution in [2.24, 2.45) is 0 Å². The summed E-state index contributed by atoms with van der Waals surface area (Å²) >= 11 is 0. The van der Waals surface area contributed by atoms with Crippen LogP contribution in [0.1, 0.15) is 47.4 Å². The molecule has 0 spiro atoms. The average molecular weight is 325 g/mol. The van der Waals surface area contributed by atoms with E-state index >= 15 is 0 Å². The first kappa shape index (κ1) is 15.6. The van der Waals surface area contributed by atoms with E-state index in [4.69, 9.17) is 9.26 Å². The first-order chi connectivity index (χ1) is 10.9. The van der Waals surface area contributed by atoms with Crippen molar-refractivity contribution in [3.8, 4) is 11.3 Å². The second-order valence-corrected chi connectivity index (χ2v) is 5.31. The number of hydrogen-bond acceptors (Lipinski definition) is 4. The Bertz CT molecular complexity index is 732. The molecule has 0 aliphatic heterocycles. The smallest absolute Gasteiger partial charge is 0.417 e. The summed E-state index contributed by atoms with van der Waals surface area (Å²) in [4.78, 5) is 12.2. The lowest BCUT2D eigenvalue weighted by molar-refractivity contribution is -0.137. The van der Waals surface area contributed by atoms with Crippen molar-refractivity contribution >= 4 is 5.97 Å². The number of carbonyl (C=O) groups excluding carboxylic acids is 1. The van der Waals surface area contributed by atoms with Gasteiger partial charge in [-0.2, -0.15) is 13.2 Å². The van der Waals surface area contributed by atoms with Gasteiger partial charge in [0.15, 0.2) is 5.76 Å². The molecule has 0 atom stereocenters. The first-order valence-corrected chi connectivity index (χ1v) is 7.26. The van der Waals surface area contributed by atoms with Crippen molar-refractivity contribution in [2.75, 3.05) is 6.61 Å². The van der Waals surface area contributed by atoms with E-state index in [1.54, 1.807) is 6.92 Å². The number of ether oxygens (including phenoxy) is 1. The molecule has 3 rings (SSSR count). The van der Waals surface area contributed by atoms with Gasteiger partial charge >= 0.3 is 12.1 Å². The third kappa shape index (κ3) is 2.95. The Morgan fingerprint density at radius 3 is 2.65 bits per heavy atom. The maximum Gasteiger partial charge on any atom is 0.417 e. The summed E-state index contributed by atoms with van der Waals surface area (Å²) in [6, 6.07) is 4.99. The maximum atomic E-state index is 13.2. The topological polar surface area (TPSA) is 52.3 Å². The summed E-state index contributed by atoms with van der Waals surface area (Å²) in [5, 5.41) is 3.75. The monoisotopic (exact) mass is 325 g/mol. The normalized spacial score (nSPS) is 14.8. The van der Waals surface area contributed by atoms with Crippen LogP contribution in [0.15, 0.2) is 28.8 Å². The highest BCUT2D eigenvalue weighted by Gasteiger charge is 2.39. The van der Waals surface area contributed by atoms with Gasteiger partial charge in [-0.25, -0.2) is 4.79 Å². The second kappa shape index (κ2) is 5.72. The minimum Gasteiger partial charge on any atom is -0.462 e. The molecule has 0 bridgehead atoms. The van der Waals surface area contributed by atoms with Crippen LogP contribution in [0.5, 0.6) is 0 Å². The number of nitrogens with zero attached hydrogens (tertiary/aromatic N) is 1. The lowest BCUT2D eigenvalue weighted by atomic mass is 9.99. The van der Waals surface area contributed by atoms with Gasteiger partial charge in [0.1, 0.15) is 11.3 Å². The van der Waals surface area contributed by atoms with Crippen LogP contribution in [-0.2, 0) is 10.9 Å². The summed E-state index contributed by atoms with van der Waals surface area (Å²) in [6.07, 6.45) is -2.91. The average Bonchev–Trinajstić information content (AvgIpc) is 3.25. The Balaban J connectivity index is 2.16. The summed E-state index contributed by atoms with van der Waals surface area (Å²) in [7, 11) is 0. The van der Waals surface area contributed by atoms with Gasteiger partial charge in [-0.15, -0.1) is 0 Å². The molecule has 4 nitrogen and oxygen atoms in total. The van der Waals surface area contributed by atoms with Crippen molar-refractivity contribution in [3.63, 3.8) is 0 Å². The van der Waals surface area contributed by atoms with E-state index in [2.05, 4.69) is 5.16 Å². The fourth-order valence-electron chi connectivity index (χ4n) is 2.45. The standard InChI is InChI=1S/C16H14F3NO3/c1-2-22-15(21)12-13(20-23-14(12)9-7-8-9)10-5-3-4-6-11(10)16(17,18)19/h3-6,9H,2,7-8H2,1H3. The Kier molecular flexibility index (Phi) is 3.87. The molecule has 1 saturated carbocycles. The fraction of sp³-hybridized carbons (Fsp3) is 0.375. The highest BCUT2D eigenvalue weighted by Crippen LogP contribution is 2.45. The largest absolute Gasteiger partial charge is 0.462 e. The van der Waals surface area contributed by atoms with Crippen LogP contribution in [0, 0.1) is 0 Å². The van der Waals surface area contributed by atoms with Gasteiger partial charge in [0, 0.05) is 11.5 Å². The number of aromatic nitrogens is 1. The minimum absolute atomic E-state index is 0.00560. The number of halogens is 3. The first-order valence-electron chi connectivity index (χ1n) is 7.26. The van der Waals surface area contributed by atoms with E-state index in [1.165, 1.54) is 18.2 Å². The predicted octanol–water partition coefficient (Wildman–Crippen LogP) is 4.41. The van der Waals surface area contributed by atoms with Crippen LogP contribution in [0.2, 0.25) is 0 Å². The molecule has 0 unspecified atom stereocenters. The third-order valence-electron chi connectivity index (χ3n) is 3.63. The Morgan fingerprint density at radius 2 is 2.04 bits per heavy atom. The van der Waals surface area contributed by atoms with Crippen molar-refractivity contribution in [1.82, 2.24) is 5.16 Å². The fourth-order valence-corrected chi connectivity index (χ4v) is 2.45. The number of carbonyl (C=O) groups is 1. The molecule has 1 aromatic carbocycles. The molecule has 0 amide bonds. The lowest BCUT2D eigenvalue weighted by Gasteiger charge is -2.11. The van der Waals surface area contributed by atoms with Crippen LogP contribution >= 0.6 is 0 Å². The van der Waals surface area contributed by atoms with Gasteiger partial charge in [0.2, 0.25) is 0 Å². The van der Waals surface area contributed by atoms with E-state index in [-0.39, 0.29) is 29.3 Å². The molecule has 0 saturated heterocycles. The highest BCUT2D eigenvalue weighted by molar-refractivity contribution is 5.97. The quantitative estimate of drug-likeness (QED) is 0.781. The molecular formula is C16H14F3NO3. The summed E-state index contributed by atoms with van der Waals surface area (Å²) < 4.78 is 49.8. The van der Waals surface area contributed by atoms with E-state index in [0.717, 1.165) is 18.9 Å². The maximum absolute atomic E-state index is 13.2. The number of esters is 1. The number of benzene rings is 1. The molecule has 0 N–H and O–H groups in total. The van der Waals surface area contributed by atoms with Crippen LogP contribution in [0.25, 0.3) is 11.3 Å². The van der Waals surface area contributed by atoms with Gasteiger partial charge in [0.05, 0.1) is 12.2 Å². The van der Waals surface area contributed by atoms with Crippen molar-refractivity contribution in [2.45, 2.75) is 31.9 Å². The molecule has 1 aromatic heterocycles. The SMILES string of the molecule is CCOC(=O)c1c(-c2ccccc2C(F)(F)F)noc1C1CC1. The lowest BCUT2D eigenvalue weighted by Crippen LogP contribution is -2.11. The Hall–Kier alpha value is -2.31. The van der Waals surface area contributed by atoms with E-state index in [9.17, 15) is 18.0 Å². The molecule has 23 heavy (non-hydrogen) atoms. The molecule has 2 aromatic rings. The molecule has 1 aliphatic carbocycles. The Morgan fingerprint density at radius 1 is 1.35 bits per heavy atom. The van der Waals surface area contributed by atoms with Crippen LogP contribution in [0.4, 0.5) is 13.2 Å². The van der Waals surface area contributed by atoms with Gasteiger partial charge in [-0.05, 0) is 25.8 Å². The molecule has 1 aliphatic rings. The molecule has 0 radical (unpaired) electrons. The number of rotatable bonds is 4. The van der Waals surface area contributed by atoms with E-state index < -0.39 is 17.7 Å². The number of hydrogen-bond donors (Lipinski definition) is 0. The van der Waals surface area contributed by atoms with Gasteiger partial charge in [-0.3, -0.25) is 0 Å². The number of alkyl halides is 3. The van der Waals surface area contributed by atoms with Gasteiger partial charge < -0.3 is 9.26 Å². The summed E-state index contributed by atoms with van der Waals surface area (Å²) in [6.45, 7) is 1.75. The zero-order valence-electron chi connectivity index (χ0n) is 12.3. The van der Waals surface area contributed by atoms with Crippen LogP contribution in [-0.4, -0.2) is 17.7 Å². The van der Waals surface area contributed by atoms with E-state index in [0.29, 0.717) is 5.76 Å². The summed E-state index contributed by atoms with van der Waals surface area (Å²) in [5.74, 6) is -0.369. The molecule has 1 heterocycles. The van der Waals surface area contributed by atoms with Gasteiger partial charge in [-0.1, -0.05) is 23.4 Å². The Labute approximate surface area is 130 Å². The minimum atomic E-state index is -4.55. The van der Waals surface area contributed by atoms with E-state index in [1.807, 2.05) is 0 Å². The van der Waals surface area contributed by atoms with Crippen molar-refractivity contribution in [3.05, 3.63) is 41.2 Å². The van der Waals surface area contributed by atoms with Crippen LogP contribution in [0.3, 0.4) is 0 Å². The predicted molar refractivity (Wildman–Crippen MR) is 74.9 cm³/mol. The second-order valence-electron chi connectivity index (χ2n) is 5.31. The summed E-state index contributed by atoms with van der Waals surface area (Å²) in [5.41, 5.74) is -1.15. The molecular weight excluding hydrogens is 311 g/mol. The van der Waals surface area contributed by atoms with Crippen molar-refractivity contribution < 1.29 is 27.2 Å². The van der Waals surface area contributed by atoms with Gasteiger partial charge in [0.25, 0.3) is 0 Å². The molecule has 122 valence electrons. The zero-order valence-corrected chi connectivity index (χ0v) is 12.3. The van der Waals surface area contributed by atoms with Crippen molar-refractivity contribution in [1.29, 1.82) is 0 Å². The van der Waals surface area contributed by atoms with Crippen LogP contribution < -0.4 is 0 Å². The third-order valence-corrected chi connectivity index (χ3v) is 3.63.